The summed E-state index contributed by atoms with van der Waals surface area (Å²) in [5, 5.41) is 36.0. The molecular weight excluding hydrogens is 232 g/mol. The van der Waals surface area contributed by atoms with Gasteiger partial charge in [-0.2, -0.15) is 10.5 Å². The van der Waals surface area contributed by atoms with Gasteiger partial charge >= 0.3 is 0 Å². The number of Topliss-reactive ketones (excluding diaryl/α,β-unsaturated/α-hetero) is 1. The number of nitrogens with zero attached hydrogens (tertiary/aromatic N) is 2. The maximum Gasteiger partial charge on any atom is 0.176 e. The summed E-state index contributed by atoms with van der Waals surface area (Å²) < 4.78 is 0. The zero-order chi connectivity index (χ0) is 13.5. The summed E-state index contributed by atoms with van der Waals surface area (Å²) in [7, 11) is 0. The number of carbonyl (C=O) groups excluding carboxylic acids is 1. The first-order chi connectivity index (χ1) is 8.60. The lowest BCUT2D eigenvalue weighted by atomic mass is 9.99. The molecule has 2 unspecified atom stereocenters. The Balaban J connectivity index is 2.80. The Morgan fingerprint density at radius 1 is 1.17 bits per heavy atom. The molecule has 1 rings (SSSR count). The largest absolute Gasteiger partial charge is 0.389 e. The molecule has 0 aliphatic rings. The number of carbonyl (C=O) groups is 1. The van der Waals surface area contributed by atoms with Crippen molar-refractivity contribution >= 4 is 5.78 Å². The number of hydrogen-bond acceptors (Lipinski definition) is 5. The average Bonchev–Trinajstić information content (AvgIpc) is 2.38. The minimum atomic E-state index is -1.16. The average molecular weight is 244 g/mol. The van der Waals surface area contributed by atoms with Crippen LogP contribution in [0.25, 0.3) is 0 Å². The van der Waals surface area contributed by atoms with Crippen LogP contribution >= 0.6 is 0 Å². The van der Waals surface area contributed by atoms with E-state index in [2.05, 4.69) is 0 Å². The van der Waals surface area contributed by atoms with Gasteiger partial charge in [-0.3, -0.25) is 4.79 Å². The first-order valence-electron chi connectivity index (χ1n) is 5.33. The minimum absolute atomic E-state index is 0.170. The summed E-state index contributed by atoms with van der Waals surface area (Å²) in [6.07, 6.45) is -2.68. The van der Waals surface area contributed by atoms with Crippen LogP contribution in [-0.2, 0) is 0 Å². The third kappa shape index (κ3) is 3.39. The van der Waals surface area contributed by atoms with Crippen LogP contribution in [0.1, 0.15) is 34.9 Å². The van der Waals surface area contributed by atoms with Gasteiger partial charge in [-0.15, -0.1) is 0 Å². The molecule has 0 fully saturated rings. The molecule has 1 aromatic rings. The van der Waals surface area contributed by atoms with Crippen LogP contribution in [-0.4, -0.2) is 22.1 Å². The van der Waals surface area contributed by atoms with E-state index in [0.29, 0.717) is 11.1 Å². The van der Waals surface area contributed by atoms with Gasteiger partial charge in [0.2, 0.25) is 0 Å². The topological polar surface area (TPSA) is 105 Å². The molecule has 2 atom stereocenters. The molecule has 0 saturated heterocycles. The standard InChI is InChI=1S/C13H12N2O3/c14-7-5-11(16)9-1-3-10(4-2-9)13(18)12(17)6-8-15/h1-4,12-13,17-18H,5-6H2. The third-order valence-electron chi connectivity index (χ3n) is 2.48. The predicted molar refractivity (Wildman–Crippen MR) is 62.2 cm³/mol. The SMILES string of the molecule is N#CCC(=O)c1ccc(C(O)C(O)CC#N)cc1. The van der Waals surface area contributed by atoms with Crippen molar-refractivity contribution in [1.29, 1.82) is 10.5 Å². The molecule has 18 heavy (non-hydrogen) atoms. The van der Waals surface area contributed by atoms with Crippen molar-refractivity contribution in [2.75, 3.05) is 0 Å². The second-order valence-electron chi connectivity index (χ2n) is 3.75. The molecule has 0 heterocycles. The van der Waals surface area contributed by atoms with Gasteiger partial charge in [-0.1, -0.05) is 24.3 Å². The summed E-state index contributed by atoms with van der Waals surface area (Å²) in [6, 6.07) is 9.49. The third-order valence-corrected chi connectivity index (χ3v) is 2.48. The van der Waals surface area contributed by atoms with Crippen molar-refractivity contribution in [3.05, 3.63) is 35.4 Å². The lowest BCUT2D eigenvalue weighted by Gasteiger charge is -2.15. The fourth-order valence-electron chi connectivity index (χ4n) is 1.47. The minimum Gasteiger partial charge on any atom is -0.389 e. The van der Waals surface area contributed by atoms with E-state index < -0.39 is 12.2 Å². The first kappa shape index (κ1) is 13.9. The van der Waals surface area contributed by atoms with Gasteiger partial charge < -0.3 is 10.2 Å². The van der Waals surface area contributed by atoms with E-state index in [4.69, 9.17) is 10.5 Å². The summed E-state index contributed by atoms with van der Waals surface area (Å²) in [4.78, 5) is 11.4. The van der Waals surface area contributed by atoms with Crippen LogP contribution in [0, 0.1) is 22.7 Å². The zero-order valence-corrected chi connectivity index (χ0v) is 9.58. The number of benzene rings is 1. The Hall–Kier alpha value is -2.21. The second kappa shape index (κ2) is 6.51. The first-order valence-corrected chi connectivity index (χ1v) is 5.33. The normalized spacial score (nSPS) is 13.1. The van der Waals surface area contributed by atoms with E-state index in [-0.39, 0.29) is 18.6 Å². The Kier molecular flexibility index (Phi) is 5.01. The molecule has 0 bridgehead atoms. The van der Waals surface area contributed by atoms with Gasteiger partial charge in [0.1, 0.15) is 6.10 Å². The van der Waals surface area contributed by atoms with Gasteiger partial charge in [-0.05, 0) is 5.56 Å². The number of ketones is 1. The van der Waals surface area contributed by atoms with E-state index in [1.807, 2.05) is 0 Å². The van der Waals surface area contributed by atoms with E-state index in [1.54, 1.807) is 12.1 Å². The smallest absolute Gasteiger partial charge is 0.176 e. The number of aliphatic hydroxyl groups is 2. The quantitative estimate of drug-likeness (QED) is 0.754. The lowest BCUT2D eigenvalue weighted by Crippen LogP contribution is -2.17. The molecule has 5 heteroatoms. The molecule has 0 amide bonds. The van der Waals surface area contributed by atoms with Crippen molar-refractivity contribution in [3.63, 3.8) is 0 Å². The number of rotatable bonds is 5. The molecule has 92 valence electrons. The molecule has 0 spiro atoms. The van der Waals surface area contributed by atoms with E-state index >= 15 is 0 Å². The highest BCUT2D eigenvalue weighted by molar-refractivity contribution is 5.97. The van der Waals surface area contributed by atoms with E-state index in [9.17, 15) is 15.0 Å². The summed E-state index contributed by atoms with van der Waals surface area (Å²) in [6.45, 7) is 0. The Morgan fingerprint density at radius 2 is 1.78 bits per heavy atom. The van der Waals surface area contributed by atoms with E-state index in [1.165, 1.54) is 24.3 Å². The van der Waals surface area contributed by atoms with Gasteiger partial charge in [0.05, 0.1) is 31.1 Å². The molecular formula is C13H12N2O3. The van der Waals surface area contributed by atoms with Gasteiger partial charge in [-0.25, -0.2) is 0 Å². The summed E-state index contributed by atoms with van der Waals surface area (Å²) in [5.41, 5.74) is 0.800. The fraction of sp³-hybridized carbons (Fsp3) is 0.308. The molecule has 0 aliphatic carbocycles. The zero-order valence-electron chi connectivity index (χ0n) is 9.58. The number of nitriles is 2. The van der Waals surface area contributed by atoms with Crippen molar-refractivity contribution in [1.82, 2.24) is 0 Å². The number of aliphatic hydroxyl groups excluding tert-OH is 2. The molecule has 5 nitrogen and oxygen atoms in total. The monoisotopic (exact) mass is 244 g/mol. The molecule has 0 aliphatic heterocycles. The van der Waals surface area contributed by atoms with Crippen molar-refractivity contribution in [2.24, 2.45) is 0 Å². The molecule has 0 aromatic heterocycles. The molecule has 2 N–H and O–H groups in total. The van der Waals surface area contributed by atoms with Gasteiger partial charge in [0.15, 0.2) is 5.78 Å². The van der Waals surface area contributed by atoms with Crippen LogP contribution in [0.15, 0.2) is 24.3 Å². The van der Waals surface area contributed by atoms with Crippen LogP contribution in [0.3, 0.4) is 0 Å². The van der Waals surface area contributed by atoms with Crippen molar-refractivity contribution in [2.45, 2.75) is 25.0 Å². The molecule has 0 radical (unpaired) electrons. The van der Waals surface area contributed by atoms with Crippen LogP contribution < -0.4 is 0 Å². The van der Waals surface area contributed by atoms with Crippen molar-refractivity contribution < 1.29 is 15.0 Å². The number of hydrogen-bond donors (Lipinski definition) is 2. The lowest BCUT2D eigenvalue weighted by molar-refractivity contribution is 0.0216. The Morgan fingerprint density at radius 3 is 2.28 bits per heavy atom. The highest BCUT2D eigenvalue weighted by Crippen LogP contribution is 2.19. The molecule has 1 aromatic carbocycles. The molecule has 0 saturated carbocycles. The van der Waals surface area contributed by atoms with Crippen molar-refractivity contribution in [3.8, 4) is 12.1 Å². The van der Waals surface area contributed by atoms with Gasteiger partial charge in [0, 0.05) is 5.56 Å². The van der Waals surface area contributed by atoms with Gasteiger partial charge in [0.25, 0.3) is 0 Å². The predicted octanol–water partition coefficient (Wildman–Crippen LogP) is 1.09. The maximum atomic E-state index is 11.4. The maximum absolute atomic E-state index is 11.4. The van der Waals surface area contributed by atoms with Crippen LogP contribution in [0.4, 0.5) is 0 Å². The second-order valence-corrected chi connectivity index (χ2v) is 3.75. The Bertz CT molecular complexity index is 496. The van der Waals surface area contributed by atoms with E-state index in [0.717, 1.165) is 0 Å². The highest BCUT2D eigenvalue weighted by atomic mass is 16.3. The van der Waals surface area contributed by atoms with Crippen LogP contribution in [0.2, 0.25) is 0 Å². The summed E-state index contributed by atoms with van der Waals surface area (Å²) in [5.74, 6) is -0.295. The highest BCUT2D eigenvalue weighted by Gasteiger charge is 2.18. The fourth-order valence-corrected chi connectivity index (χ4v) is 1.47. The Labute approximate surface area is 105 Å². The summed E-state index contributed by atoms with van der Waals surface area (Å²) >= 11 is 0. The van der Waals surface area contributed by atoms with Crippen LogP contribution in [0.5, 0.6) is 0 Å².